The Balaban J connectivity index is 2.14. The molecule has 1 atom stereocenters. The Bertz CT molecular complexity index is 845. The number of anilines is 3. The molecule has 0 aliphatic heterocycles. The minimum absolute atomic E-state index is 0.0738. The maximum atomic E-state index is 6.14. The van der Waals surface area contributed by atoms with E-state index in [4.69, 9.17) is 28.8 Å². The molecule has 0 bridgehead atoms. The molecule has 8 heteroatoms. The SMILES string of the molecule is CC(c1nc(N)nc(N)n1)c1cc2cccc(Cl)c2nc1N. The number of halogens is 1. The van der Waals surface area contributed by atoms with E-state index in [0.717, 1.165) is 10.9 Å². The van der Waals surface area contributed by atoms with Crippen LogP contribution in [0, 0.1) is 0 Å². The molecule has 0 amide bonds. The lowest BCUT2D eigenvalue weighted by Crippen LogP contribution is -2.11. The first-order valence-electron chi connectivity index (χ1n) is 6.57. The summed E-state index contributed by atoms with van der Waals surface area (Å²) < 4.78 is 0. The summed E-state index contributed by atoms with van der Waals surface area (Å²) in [4.78, 5) is 16.4. The number of para-hydroxylation sites is 1. The van der Waals surface area contributed by atoms with Crippen molar-refractivity contribution in [2.24, 2.45) is 0 Å². The summed E-state index contributed by atoms with van der Waals surface area (Å²) in [6.45, 7) is 1.90. The van der Waals surface area contributed by atoms with E-state index in [9.17, 15) is 0 Å². The Hall–Kier alpha value is -2.67. The predicted octanol–water partition coefficient (Wildman–Crippen LogP) is 1.97. The minimum atomic E-state index is -0.233. The number of fused-ring (bicyclic) bond motifs is 1. The molecule has 0 fully saturated rings. The fourth-order valence-electron chi connectivity index (χ4n) is 2.30. The molecule has 0 aliphatic rings. The number of nitrogens with zero attached hydrogens (tertiary/aromatic N) is 4. The van der Waals surface area contributed by atoms with Gasteiger partial charge in [-0.2, -0.15) is 15.0 Å². The van der Waals surface area contributed by atoms with Crippen LogP contribution in [0.1, 0.15) is 24.2 Å². The van der Waals surface area contributed by atoms with Gasteiger partial charge in [0.2, 0.25) is 11.9 Å². The molecule has 1 unspecified atom stereocenters. The highest BCUT2D eigenvalue weighted by Crippen LogP contribution is 2.31. The molecule has 2 aromatic heterocycles. The molecule has 3 rings (SSSR count). The third kappa shape index (κ3) is 2.46. The van der Waals surface area contributed by atoms with E-state index in [0.29, 0.717) is 22.2 Å². The Morgan fingerprint density at radius 3 is 2.36 bits per heavy atom. The van der Waals surface area contributed by atoms with Crippen molar-refractivity contribution in [1.29, 1.82) is 0 Å². The van der Waals surface area contributed by atoms with Gasteiger partial charge in [0.25, 0.3) is 0 Å². The molecule has 6 N–H and O–H groups in total. The number of pyridine rings is 1. The highest BCUT2D eigenvalue weighted by atomic mass is 35.5. The standard InChI is InChI=1S/C14H14ClN7/c1-6(12-20-13(17)22-14(18)21-12)8-5-7-3-2-4-9(15)10(7)19-11(8)16/h2-6H,1H3,(H2,16,19)(H4,17,18,20,21,22). The van der Waals surface area contributed by atoms with E-state index >= 15 is 0 Å². The summed E-state index contributed by atoms with van der Waals surface area (Å²) in [5.41, 5.74) is 18.7. The second-order valence-electron chi connectivity index (χ2n) is 4.91. The molecule has 1 aromatic carbocycles. The first-order valence-corrected chi connectivity index (χ1v) is 6.95. The highest BCUT2D eigenvalue weighted by molar-refractivity contribution is 6.35. The molecule has 3 aromatic rings. The number of hydrogen-bond donors (Lipinski definition) is 3. The molecular weight excluding hydrogens is 302 g/mol. The first-order chi connectivity index (χ1) is 10.5. The van der Waals surface area contributed by atoms with Crippen LogP contribution in [0.15, 0.2) is 24.3 Å². The fraction of sp³-hybridized carbons (Fsp3) is 0.143. The second kappa shape index (κ2) is 5.27. The van der Waals surface area contributed by atoms with Crippen molar-refractivity contribution in [2.75, 3.05) is 17.2 Å². The summed E-state index contributed by atoms with van der Waals surface area (Å²) >= 11 is 6.14. The summed E-state index contributed by atoms with van der Waals surface area (Å²) in [5, 5.41) is 1.44. The van der Waals surface area contributed by atoms with Gasteiger partial charge in [-0.15, -0.1) is 0 Å². The van der Waals surface area contributed by atoms with Gasteiger partial charge in [-0.05, 0) is 12.1 Å². The van der Waals surface area contributed by atoms with Crippen LogP contribution >= 0.6 is 11.6 Å². The van der Waals surface area contributed by atoms with Crippen LogP contribution in [0.3, 0.4) is 0 Å². The average Bonchev–Trinajstić information content (AvgIpc) is 2.46. The highest BCUT2D eigenvalue weighted by Gasteiger charge is 2.18. The number of nitrogen functional groups attached to an aromatic ring is 3. The molecule has 0 saturated carbocycles. The van der Waals surface area contributed by atoms with E-state index in [-0.39, 0.29) is 17.8 Å². The van der Waals surface area contributed by atoms with Crippen molar-refractivity contribution in [3.8, 4) is 0 Å². The van der Waals surface area contributed by atoms with Crippen molar-refractivity contribution >= 4 is 40.2 Å². The lowest BCUT2D eigenvalue weighted by molar-refractivity contribution is 0.807. The maximum Gasteiger partial charge on any atom is 0.225 e. The third-order valence-electron chi connectivity index (χ3n) is 3.40. The van der Waals surface area contributed by atoms with Crippen LogP contribution in [-0.2, 0) is 0 Å². The Morgan fingerprint density at radius 2 is 1.68 bits per heavy atom. The van der Waals surface area contributed by atoms with Gasteiger partial charge in [0, 0.05) is 16.9 Å². The number of nitrogens with two attached hydrogens (primary N) is 3. The number of aromatic nitrogens is 4. The van der Waals surface area contributed by atoms with Gasteiger partial charge in [0.05, 0.1) is 10.5 Å². The van der Waals surface area contributed by atoms with Gasteiger partial charge < -0.3 is 17.2 Å². The average molecular weight is 316 g/mol. The molecular formula is C14H14ClN7. The summed E-state index contributed by atoms with van der Waals surface area (Å²) in [6, 6.07) is 7.47. The third-order valence-corrected chi connectivity index (χ3v) is 3.70. The van der Waals surface area contributed by atoms with Gasteiger partial charge in [0.15, 0.2) is 0 Å². The van der Waals surface area contributed by atoms with Crippen molar-refractivity contribution in [3.63, 3.8) is 0 Å². The zero-order chi connectivity index (χ0) is 15.9. The van der Waals surface area contributed by atoms with E-state index in [1.54, 1.807) is 6.07 Å². The fourth-order valence-corrected chi connectivity index (χ4v) is 2.52. The van der Waals surface area contributed by atoms with Crippen molar-refractivity contribution < 1.29 is 0 Å². The lowest BCUT2D eigenvalue weighted by atomic mass is 9.99. The van der Waals surface area contributed by atoms with E-state index in [2.05, 4.69) is 19.9 Å². The topological polar surface area (TPSA) is 130 Å². The molecule has 0 radical (unpaired) electrons. The Morgan fingerprint density at radius 1 is 1.00 bits per heavy atom. The lowest BCUT2D eigenvalue weighted by Gasteiger charge is -2.14. The van der Waals surface area contributed by atoms with Crippen LogP contribution in [0.5, 0.6) is 0 Å². The number of benzene rings is 1. The van der Waals surface area contributed by atoms with Gasteiger partial charge in [-0.1, -0.05) is 30.7 Å². The predicted molar refractivity (Wildman–Crippen MR) is 87.3 cm³/mol. The molecule has 7 nitrogen and oxygen atoms in total. The Labute approximate surface area is 131 Å². The van der Waals surface area contributed by atoms with Crippen molar-refractivity contribution in [1.82, 2.24) is 19.9 Å². The van der Waals surface area contributed by atoms with E-state index in [1.165, 1.54) is 0 Å². The molecule has 0 aliphatic carbocycles. The maximum absolute atomic E-state index is 6.14. The molecule has 112 valence electrons. The van der Waals surface area contributed by atoms with Crippen LogP contribution in [0.25, 0.3) is 10.9 Å². The van der Waals surface area contributed by atoms with Crippen LogP contribution in [-0.4, -0.2) is 19.9 Å². The van der Waals surface area contributed by atoms with Gasteiger partial charge in [-0.25, -0.2) is 4.98 Å². The Kier molecular flexibility index (Phi) is 3.42. The number of hydrogen-bond acceptors (Lipinski definition) is 7. The summed E-state index contributed by atoms with van der Waals surface area (Å²) in [5.74, 6) is 0.725. The van der Waals surface area contributed by atoms with Gasteiger partial charge in [-0.3, -0.25) is 0 Å². The number of rotatable bonds is 2. The molecule has 0 saturated heterocycles. The van der Waals surface area contributed by atoms with Crippen LogP contribution in [0.2, 0.25) is 5.02 Å². The molecule has 2 heterocycles. The molecule has 0 spiro atoms. The first kappa shape index (κ1) is 14.3. The quantitative estimate of drug-likeness (QED) is 0.659. The zero-order valence-corrected chi connectivity index (χ0v) is 12.5. The van der Waals surface area contributed by atoms with Gasteiger partial charge >= 0.3 is 0 Å². The summed E-state index contributed by atoms with van der Waals surface area (Å²) in [7, 11) is 0. The summed E-state index contributed by atoms with van der Waals surface area (Å²) in [6.07, 6.45) is 0. The van der Waals surface area contributed by atoms with E-state index < -0.39 is 0 Å². The zero-order valence-electron chi connectivity index (χ0n) is 11.8. The second-order valence-corrected chi connectivity index (χ2v) is 5.31. The minimum Gasteiger partial charge on any atom is -0.383 e. The van der Waals surface area contributed by atoms with Gasteiger partial charge in [0.1, 0.15) is 11.6 Å². The van der Waals surface area contributed by atoms with Crippen LogP contribution in [0.4, 0.5) is 17.7 Å². The van der Waals surface area contributed by atoms with Crippen molar-refractivity contribution in [3.05, 3.63) is 40.7 Å². The molecule has 22 heavy (non-hydrogen) atoms. The monoisotopic (exact) mass is 315 g/mol. The normalized spacial score (nSPS) is 12.5. The smallest absolute Gasteiger partial charge is 0.225 e. The van der Waals surface area contributed by atoms with Crippen LogP contribution < -0.4 is 17.2 Å². The van der Waals surface area contributed by atoms with Crippen molar-refractivity contribution in [2.45, 2.75) is 12.8 Å². The van der Waals surface area contributed by atoms with E-state index in [1.807, 2.05) is 25.1 Å². The largest absolute Gasteiger partial charge is 0.383 e.